The van der Waals surface area contributed by atoms with E-state index in [0.717, 1.165) is 5.56 Å². The van der Waals surface area contributed by atoms with Crippen LogP contribution in [-0.4, -0.2) is 39.5 Å². The van der Waals surface area contributed by atoms with Crippen molar-refractivity contribution in [1.29, 1.82) is 0 Å². The topological polar surface area (TPSA) is 152 Å². The number of carbonyl (C=O) groups excluding carboxylic acids is 2. The monoisotopic (exact) mass is 469 g/mol. The van der Waals surface area contributed by atoms with Crippen LogP contribution in [0.25, 0.3) is 33.3 Å². The van der Waals surface area contributed by atoms with E-state index in [-0.39, 0.29) is 17.1 Å². The summed E-state index contributed by atoms with van der Waals surface area (Å²) in [4.78, 5) is 24.5. The molecule has 1 heterocycles. The van der Waals surface area contributed by atoms with Gasteiger partial charge in [-0.25, -0.2) is 4.79 Å². The fourth-order valence-corrected chi connectivity index (χ4v) is 3.97. The fourth-order valence-electron chi connectivity index (χ4n) is 3.97. The number of hydrogen-bond acceptors (Lipinski definition) is 5. The minimum atomic E-state index is -0.910. The molecule has 10 nitrogen and oxygen atoms in total. The number of nitrogens with zero attached hydrogens (tertiary/aromatic N) is 2. The number of para-hydroxylation sites is 1. The summed E-state index contributed by atoms with van der Waals surface area (Å²) in [5.74, 6) is -0.447. The molecule has 5 N–H and O–H groups in total. The summed E-state index contributed by atoms with van der Waals surface area (Å²) in [6.07, 6.45) is 0. The molecule has 0 spiro atoms. The number of H-pyrrole nitrogens is 2. The average molecular weight is 469 g/mol. The number of aromatic amines is 2. The average Bonchev–Trinajstić information content (AvgIpc) is 3.43. The first-order valence-corrected chi connectivity index (χ1v) is 10.5. The fraction of sp³-hybridized carbons (Fsp3) is 0.0400. The number of benzene rings is 3. The highest BCUT2D eigenvalue weighted by atomic mass is 16.5. The number of anilines is 1. The summed E-state index contributed by atoms with van der Waals surface area (Å²) >= 11 is 0. The van der Waals surface area contributed by atoms with Gasteiger partial charge < -0.3 is 20.3 Å². The van der Waals surface area contributed by atoms with Crippen molar-refractivity contribution in [3.63, 3.8) is 0 Å². The summed E-state index contributed by atoms with van der Waals surface area (Å²) in [5.41, 5.74) is 2.94. The summed E-state index contributed by atoms with van der Waals surface area (Å²) in [7, 11) is 1.59. The van der Waals surface area contributed by atoms with Crippen LogP contribution in [-0.2, 0) is 0 Å². The number of phenols is 1. The van der Waals surface area contributed by atoms with Gasteiger partial charge in [0, 0.05) is 10.9 Å². The summed E-state index contributed by atoms with van der Waals surface area (Å²) < 4.78 is 5.21. The van der Waals surface area contributed by atoms with Gasteiger partial charge in [-0.2, -0.15) is 0 Å². The molecule has 0 fully saturated rings. The van der Waals surface area contributed by atoms with Crippen LogP contribution >= 0.6 is 0 Å². The predicted molar refractivity (Wildman–Crippen MR) is 129 cm³/mol. The van der Waals surface area contributed by atoms with Crippen molar-refractivity contribution in [2.75, 3.05) is 12.4 Å². The smallest absolute Gasteiger partial charge is 0.364 e. The second kappa shape index (κ2) is 8.67. The van der Waals surface area contributed by atoms with E-state index in [9.17, 15) is 19.8 Å². The first-order valence-electron chi connectivity index (χ1n) is 10.5. The molecule has 0 bridgehead atoms. The highest BCUT2D eigenvalue weighted by Gasteiger charge is 2.26. The van der Waals surface area contributed by atoms with Crippen molar-refractivity contribution in [3.8, 4) is 39.8 Å². The van der Waals surface area contributed by atoms with Crippen LogP contribution < -0.4 is 10.1 Å². The Hall–Kier alpha value is -5.12. The van der Waals surface area contributed by atoms with Gasteiger partial charge in [-0.1, -0.05) is 29.4 Å². The standard InChI is InChI=1S/C25H19N5O5/c1-35-14-11-9-13(10-12-14)21-20-22(28-27-21)16-6-4-7-17(19(16)23(20)32)26-25(34)30-29-24(33)15-5-2-3-8-18(15)31/h2-12,27-28,31-32H,1H3,(H,26,34). The largest absolute Gasteiger partial charge is 0.507 e. The van der Waals surface area contributed by atoms with E-state index >= 15 is 0 Å². The van der Waals surface area contributed by atoms with Gasteiger partial charge in [-0.05, 0) is 42.5 Å². The molecule has 0 saturated heterocycles. The molecule has 1 aliphatic heterocycles. The minimum Gasteiger partial charge on any atom is -0.507 e. The maximum atomic E-state index is 12.4. The maximum absolute atomic E-state index is 12.4. The number of urea groups is 1. The van der Waals surface area contributed by atoms with Crippen molar-refractivity contribution in [3.05, 3.63) is 72.3 Å². The molecule has 2 aliphatic rings. The third-order valence-corrected chi connectivity index (χ3v) is 5.61. The van der Waals surface area contributed by atoms with Gasteiger partial charge in [0.1, 0.15) is 17.2 Å². The van der Waals surface area contributed by atoms with Gasteiger partial charge in [-0.3, -0.25) is 15.0 Å². The number of nitrogens with one attached hydrogen (secondary N) is 3. The lowest BCUT2D eigenvalue weighted by atomic mass is 10.1. The Kier molecular flexibility index (Phi) is 5.38. The minimum absolute atomic E-state index is 0.0311. The van der Waals surface area contributed by atoms with Crippen LogP contribution in [0.1, 0.15) is 10.4 Å². The number of ether oxygens (including phenoxy) is 1. The number of carbonyl (C=O) groups is 2. The first kappa shape index (κ1) is 21.7. The zero-order valence-corrected chi connectivity index (χ0v) is 18.4. The van der Waals surface area contributed by atoms with E-state index in [0.29, 0.717) is 39.2 Å². The van der Waals surface area contributed by atoms with E-state index in [1.807, 2.05) is 24.3 Å². The Morgan fingerprint density at radius 3 is 2.37 bits per heavy atom. The molecule has 0 radical (unpaired) electrons. The lowest BCUT2D eigenvalue weighted by Crippen LogP contribution is -2.06. The molecule has 3 aromatic carbocycles. The molecule has 5 rings (SSSR count). The van der Waals surface area contributed by atoms with Crippen molar-refractivity contribution < 1.29 is 24.5 Å². The molecule has 174 valence electrons. The van der Waals surface area contributed by atoms with Crippen LogP contribution in [0.2, 0.25) is 0 Å². The van der Waals surface area contributed by atoms with Crippen molar-refractivity contribution >= 4 is 28.4 Å². The quantitative estimate of drug-likeness (QED) is 0.220. The molecule has 35 heavy (non-hydrogen) atoms. The molecular formula is C25H19N5O5. The van der Waals surface area contributed by atoms with Crippen molar-refractivity contribution in [2.24, 2.45) is 10.2 Å². The van der Waals surface area contributed by atoms with Gasteiger partial charge in [0.25, 0.3) is 5.91 Å². The van der Waals surface area contributed by atoms with Gasteiger partial charge in [0.15, 0.2) is 0 Å². The van der Waals surface area contributed by atoms with E-state index in [1.54, 1.807) is 37.4 Å². The Balaban J connectivity index is 1.47. The number of rotatable bonds is 4. The lowest BCUT2D eigenvalue weighted by molar-refractivity contribution is 0.0991. The third kappa shape index (κ3) is 3.82. The molecule has 0 aromatic heterocycles. The number of phenolic OH excluding ortho intramolecular Hbond substituents is 1. The number of hydrogen-bond donors (Lipinski definition) is 5. The molecule has 3 aromatic rings. The Morgan fingerprint density at radius 2 is 1.63 bits per heavy atom. The van der Waals surface area contributed by atoms with Crippen molar-refractivity contribution in [2.45, 2.75) is 0 Å². The maximum Gasteiger partial charge on any atom is 0.364 e. The van der Waals surface area contributed by atoms with E-state index in [4.69, 9.17) is 4.74 Å². The van der Waals surface area contributed by atoms with Crippen LogP contribution in [0.5, 0.6) is 17.2 Å². The molecule has 3 amide bonds. The van der Waals surface area contributed by atoms with Gasteiger partial charge in [-0.15, -0.1) is 5.11 Å². The molecule has 0 saturated carbocycles. The summed E-state index contributed by atoms with van der Waals surface area (Å²) in [6.45, 7) is 0. The normalized spacial score (nSPS) is 11.3. The number of aromatic hydroxyl groups is 2. The van der Waals surface area contributed by atoms with E-state index in [1.165, 1.54) is 12.1 Å². The SMILES string of the molecule is COc1ccc(-c2[nH][nH]c3c4cccc(NC(=O)N=NC(=O)c5ccccc5O)c4c(O)c2-3)cc1. The molecular weight excluding hydrogens is 450 g/mol. The summed E-state index contributed by atoms with van der Waals surface area (Å²) in [5, 5.41) is 37.5. The number of azo groups is 1. The van der Waals surface area contributed by atoms with Crippen LogP contribution in [0.4, 0.5) is 10.5 Å². The third-order valence-electron chi connectivity index (χ3n) is 5.61. The zero-order chi connectivity index (χ0) is 24.5. The van der Waals surface area contributed by atoms with Gasteiger partial charge in [0.2, 0.25) is 0 Å². The van der Waals surface area contributed by atoms with Crippen LogP contribution in [0.3, 0.4) is 0 Å². The first-order chi connectivity index (χ1) is 17.0. The highest BCUT2D eigenvalue weighted by Crippen LogP contribution is 2.49. The highest BCUT2D eigenvalue weighted by molar-refractivity contribution is 6.16. The number of aromatic nitrogens is 2. The predicted octanol–water partition coefficient (Wildman–Crippen LogP) is 5.51. The molecule has 0 unspecified atom stereocenters. The van der Waals surface area contributed by atoms with Gasteiger partial charge >= 0.3 is 6.03 Å². The Bertz CT molecular complexity index is 1570. The summed E-state index contributed by atoms with van der Waals surface area (Å²) in [6, 6.07) is 17.4. The van der Waals surface area contributed by atoms with Gasteiger partial charge in [0.05, 0.1) is 40.7 Å². The lowest BCUT2D eigenvalue weighted by Gasteiger charge is -2.05. The van der Waals surface area contributed by atoms with E-state index < -0.39 is 11.9 Å². The van der Waals surface area contributed by atoms with E-state index in [2.05, 4.69) is 25.7 Å². The Morgan fingerprint density at radius 1 is 0.886 bits per heavy atom. The van der Waals surface area contributed by atoms with Crippen molar-refractivity contribution in [1.82, 2.24) is 10.2 Å². The molecule has 10 heteroatoms. The second-order valence-electron chi connectivity index (χ2n) is 7.63. The van der Waals surface area contributed by atoms with Crippen LogP contribution in [0, 0.1) is 0 Å². The number of amides is 3. The van der Waals surface area contributed by atoms with Crippen LogP contribution in [0.15, 0.2) is 77.0 Å². The molecule has 0 atom stereocenters. The number of methoxy groups -OCH3 is 1. The second-order valence-corrected chi connectivity index (χ2v) is 7.63. The Labute approximate surface area is 198 Å². The zero-order valence-electron chi connectivity index (χ0n) is 18.4. The number of fused-ring (bicyclic) bond motifs is 3. The molecule has 1 aliphatic carbocycles.